The van der Waals surface area contributed by atoms with Crippen LogP contribution in [-0.4, -0.2) is 6.04 Å². The zero-order valence-corrected chi connectivity index (χ0v) is 6.75. The zero-order chi connectivity index (χ0) is 7.84. The van der Waals surface area contributed by atoms with E-state index in [0.29, 0.717) is 12.0 Å². The SMILES string of the molecule is Cc1ccccc1C1CC1N. The lowest BCUT2D eigenvalue weighted by Crippen LogP contribution is -2.01. The van der Waals surface area contributed by atoms with Crippen molar-refractivity contribution >= 4 is 0 Å². The van der Waals surface area contributed by atoms with E-state index in [2.05, 4.69) is 31.2 Å². The summed E-state index contributed by atoms with van der Waals surface area (Å²) in [5.74, 6) is 0.649. The highest BCUT2D eigenvalue weighted by molar-refractivity contribution is 5.34. The molecule has 2 N–H and O–H groups in total. The van der Waals surface area contributed by atoms with Crippen molar-refractivity contribution in [2.75, 3.05) is 0 Å². The van der Waals surface area contributed by atoms with Crippen molar-refractivity contribution in [3.05, 3.63) is 35.4 Å². The number of aryl methyl sites for hydroxylation is 1. The van der Waals surface area contributed by atoms with Crippen LogP contribution in [0.3, 0.4) is 0 Å². The number of benzene rings is 1. The summed E-state index contributed by atoms with van der Waals surface area (Å²) in [6.45, 7) is 2.15. The lowest BCUT2D eigenvalue weighted by atomic mass is 10.0. The van der Waals surface area contributed by atoms with Crippen molar-refractivity contribution in [1.82, 2.24) is 0 Å². The monoisotopic (exact) mass is 147 g/mol. The second-order valence-electron chi connectivity index (χ2n) is 3.36. The standard InChI is InChI=1S/C10H13N/c1-7-4-2-3-5-8(7)9-6-10(9)11/h2-5,9-10H,6,11H2,1H3. The van der Waals surface area contributed by atoms with Crippen LogP contribution < -0.4 is 5.73 Å². The first kappa shape index (κ1) is 6.86. The zero-order valence-electron chi connectivity index (χ0n) is 6.75. The molecule has 0 aliphatic heterocycles. The van der Waals surface area contributed by atoms with Gasteiger partial charge in [-0.05, 0) is 24.5 Å². The van der Waals surface area contributed by atoms with Crippen LogP contribution in [0.5, 0.6) is 0 Å². The summed E-state index contributed by atoms with van der Waals surface area (Å²) in [5.41, 5.74) is 8.59. The maximum atomic E-state index is 5.77. The maximum absolute atomic E-state index is 5.77. The summed E-state index contributed by atoms with van der Waals surface area (Å²) in [4.78, 5) is 0. The first-order valence-electron chi connectivity index (χ1n) is 4.10. The quantitative estimate of drug-likeness (QED) is 0.644. The minimum atomic E-state index is 0.427. The Labute approximate surface area is 67.2 Å². The Bertz CT molecular complexity index is 267. The molecule has 1 saturated carbocycles. The van der Waals surface area contributed by atoms with Crippen LogP contribution in [0.2, 0.25) is 0 Å². The van der Waals surface area contributed by atoms with Crippen molar-refractivity contribution in [3.8, 4) is 0 Å². The van der Waals surface area contributed by atoms with Crippen molar-refractivity contribution in [2.45, 2.75) is 25.3 Å². The summed E-state index contributed by atoms with van der Waals surface area (Å²) in [7, 11) is 0. The van der Waals surface area contributed by atoms with Gasteiger partial charge in [0.05, 0.1) is 0 Å². The van der Waals surface area contributed by atoms with Crippen LogP contribution >= 0.6 is 0 Å². The van der Waals surface area contributed by atoms with E-state index in [-0.39, 0.29) is 0 Å². The minimum absolute atomic E-state index is 0.427. The van der Waals surface area contributed by atoms with Gasteiger partial charge in [0, 0.05) is 12.0 Å². The van der Waals surface area contributed by atoms with E-state index in [9.17, 15) is 0 Å². The Kier molecular flexibility index (Phi) is 1.46. The fourth-order valence-corrected chi connectivity index (χ4v) is 1.58. The number of rotatable bonds is 1. The molecule has 2 rings (SSSR count). The van der Waals surface area contributed by atoms with Crippen LogP contribution in [0.25, 0.3) is 0 Å². The average Bonchev–Trinajstić information content (AvgIpc) is 2.68. The molecular formula is C10H13N. The van der Waals surface area contributed by atoms with Gasteiger partial charge in [0.25, 0.3) is 0 Å². The maximum Gasteiger partial charge on any atom is 0.0115 e. The average molecular weight is 147 g/mol. The molecule has 2 atom stereocenters. The van der Waals surface area contributed by atoms with Gasteiger partial charge < -0.3 is 5.73 Å². The van der Waals surface area contributed by atoms with E-state index in [1.54, 1.807) is 0 Å². The molecule has 0 saturated heterocycles. The van der Waals surface area contributed by atoms with Gasteiger partial charge >= 0.3 is 0 Å². The third-order valence-electron chi connectivity index (χ3n) is 2.43. The fourth-order valence-electron chi connectivity index (χ4n) is 1.58. The molecule has 58 valence electrons. The summed E-state index contributed by atoms with van der Waals surface area (Å²) < 4.78 is 0. The molecule has 1 nitrogen and oxygen atoms in total. The molecule has 0 spiro atoms. The van der Waals surface area contributed by atoms with Gasteiger partial charge in [-0.3, -0.25) is 0 Å². The number of hydrogen-bond donors (Lipinski definition) is 1. The van der Waals surface area contributed by atoms with Crippen molar-refractivity contribution < 1.29 is 0 Å². The summed E-state index contributed by atoms with van der Waals surface area (Å²) in [6, 6.07) is 8.93. The molecule has 1 fully saturated rings. The minimum Gasteiger partial charge on any atom is -0.327 e. The Hall–Kier alpha value is -0.820. The highest BCUT2D eigenvalue weighted by Gasteiger charge is 2.35. The largest absolute Gasteiger partial charge is 0.327 e. The van der Waals surface area contributed by atoms with Gasteiger partial charge in [-0.25, -0.2) is 0 Å². The fraction of sp³-hybridized carbons (Fsp3) is 0.400. The highest BCUT2D eigenvalue weighted by Crippen LogP contribution is 2.40. The van der Waals surface area contributed by atoms with Crippen molar-refractivity contribution in [1.29, 1.82) is 0 Å². The molecule has 1 aromatic carbocycles. The highest BCUT2D eigenvalue weighted by atomic mass is 14.7. The van der Waals surface area contributed by atoms with Gasteiger partial charge in [-0.2, -0.15) is 0 Å². The Morgan fingerprint density at radius 3 is 2.55 bits per heavy atom. The van der Waals surface area contributed by atoms with Crippen LogP contribution in [0.1, 0.15) is 23.5 Å². The molecule has 1 aliphatic carbocycles. The lowest BCUT2D eigenvalue weighted by molar-refractivity contribution is 0.980. The van der Waals surface area contributed by atoms with Crippen LogP contribution in [0.4, 0.5) is 0 Å². The number of hydrogen-bond acceptors (Lipinski definition) is 1. The number of nitrogens with two attached hydrogens (primary N) is 1. The van der Waals surface area contributed by atoms with E-state index in [1.807, 2.05) is 0 Å². The third-order valence-corrected chi connectivity index (χ3v) is 2.43. The molecule has 11 heavy (non-hydrogen) atoms. The van der Waals surface area contributed by atoms with Crippen LogP contribution in [-0.2, 0) is 0 Å². The normalized spacial score (nSPS) is 28.5. The van der Waals surface area contributed by atoms with Gasteiger partial charge in [0.15, 0.2) is 0 Å². The lowest BCUT2D eigenvalue weighted by Gasteiger charge is -2.01. The molecule has 0 radical (unpaired) electrons. The van der Waals surface area contributed by atoms with E-state index in [4.69, 9.17) is 5.73 Å². The predicted molar refractivity (Wildman–Crippen MR) is 46.5 cm³/mol. The van der Waals surface area contributed by atoms with E-state index >= 15 is 0 Å². The Morgan fingerprint density at radius 1 is 1.36 bits per heavy atom. The summed E-state index contributed by atoms with van der Waals surface area (Å²) >= 11 is 0. The van der Waals surface area contributed by atoms with E-state index in [0.717, 1.165) is 0 Å². The van der Waals surface area contributed by atoms with Crippen LogP contribution in [0.15, 0.2) is 24.3 Å². The summed E-state index contributed by atoms with van der Waals surface area (Å²) in [5, 5.41) is 0. The topological polar surface area (TPSA) is 26.0 Å². The molecule has 1 aromatic rings. The van der Waals surface area contributed by atoms with Gasteiger partial charge in [0.2, 0.25) is 0 Å². The molecule has 1 heteroatoms. The molecule has 1 aliphatic rings. The third kappa shape index (κ3) is 1.16. The second kappa shape index (κ2) is 2.35. The first-order valence-corrected chi connectivity index (χ1v) is 4.10. The van der Waals surface area contributed by atoms with Gasteiger partial charge in [0.1, 0.15) is 0 Å². The molecule has 0 aromatic heterocycles. The molecule has 0 bridgehead atoms. The first-order chi connectivity index (χ1) is 5.29. The summed E-state index contributed by atoms with van der Waals surface area (Å²) in [6.07, 6.45) is 1.17. The molecular weight excluding hydrogens is 134 g/mol. The van der Waals surface area contributed by atoms with Crippen molar-refractivity contribution in [3.63, 3.8) is 0 Å². The molecule has 2 unspecified atom stereocenters. The van der Waals surface area contributed by atoms with Gasteiger partial charge in [-0.1, -0.05) is 24.3 Å². The smallest absolute Gasteiger partial charge is 0.0115 e. The Balaban J connectivity index is 2.31. The van der Waals surface area contributed by atoms with E-state index in [1.165, 1.54) is 17.5 Å². The van der Waals surface area contributed by atoms with Gasteiger partial charge in [-0.15, -0.1) is 0 Å². The predicted octanol–water partition coefficient (Wildman–Crippen LogP) is 1.81. The molecule has 0 heterocycles. The second-order valence-corrected chi connectivity index (χ2v) is 3.36. The van der Waals surface area contributed by atoms with Crippen molar-refractivity contribution in [2.24, 2.45) is 5.73 Å². The van der Waals surface area contributed by atoms with E-state index < -0.39 is 0 Å². The van der Waals surface area contributed by atoms with Crippen LogP contribution in [0, 0.1) is 6.92 Å². The Morgan fingerprint density at radius 2 is 2.00 bits per heavy atom. The molecule has 0 amide bonds.